The van der Waals surface area contributed by atoms with Gasteiger partial charge in [0.05, 0.1) is 5.69 Å². The molecule has 0 amide bonds. The lowest BCUT2D eigenvalue weighted by atomic mass is 10.1. The summed E-state index contributed by atoms with van der Waals surface area (Å²) in [5.74, 6) is -0.292. The highest BCUT2D eigenvalue weighted by Gasteiger charge is 2.22. The zero-order valence-corrected chi connectivity index (χ0v) is 10.1. The first-order valence-corrected chi connectivity index (χ1v) is 6.24. The van der Waals surface area contributed by atoms with Gasteiger partial charge in [0.25, 0.3) is 0 Å². The molecule has 18 heavy (non-hydrogen) atoms. The van der Waals surface area contributed by atoms with E-state index in [2.05, 4.69) is 10.1 Å². The lowest BCUT2D eigenvalue weighted by Gasteiger charge is -2.36. The molecule has 0 unspecified atom stereocenters. The van der Waals surface area contributed by atoms with Gasteiger partial charge < -0.3 is 15.2 Å². The van der Waals surface area contributed by atoms with Crippen LogP contribution in [0.5, 0.6) is 0 Å². The Bertz CT molecular complexity index is 548. The van der Waals surface area contributed by atoms with Gasteiger partial charge in [-0.05, 0) is 31.5 Å². The van der Waals surface area contributed by atoms with E-state index >= 15 is 0 Å². The molecule has 1 aliphatic heterocycles. The first-order valence-electron chi connectivity index (χ1n) is 6.24. The fourth-order valence-corrected chi connectivity index (χ4v) is 2.41. The number of fused-ring (bicyclic) bond motifs is 1. The fourth-order valence-electron chi connectivity index (χ4n) is 2.41. The van der Waals surface area contributed by atoms with Gasteiger partial charge in [-0.15, -0.1) is 0 Å². The first kappa shape index (κ1) is 11.6. The van der Waals surface area contributed by atoms with Gasteiger partial charge in [0.1, 0.15) is 5.82 Å². The maximum atomic E-state index is 13.0. The number of hydrogen-bond acceptors (Lipinski definition) is 4. The average Bonchev–Trinajstić information content (AvgIpc) is 2.69. The Morgan fingerprint density at radius 2 is 2.28 bits per heavy atom. The molecule has 0 atom stereocenters. The van der Waals surface area contributed by atoms with Gasteiger partial charge in [-0.2, -0.15) is 0 Å². The molecule has 2 aromatic rings. The first-order chi connectivity index (χ1) is 8.72. The number of halogens is 1. The lowest BCUT2D eigenvalue weighted by Crippen LogP contribution is -2.55. The highest BCUT2D eigenvalue weighted by Crippen LogP contribution is 2.20. The van der Waals surface area contributed by atoms with Crippen molar-refractivity contribution in [1.82, 2.24) is 10.1 Å². The van der Waals surface area contributed by atoms with Crippen molar-refractivity contribution < 1.29 is 8.91 Å². The minimum atomic E-state index is -0.292. The molecule has 5 heteroatoms. The van der Waals surface area contributed by atoms with Crippen molar-refractivity contribution in [1.29, 1.82) is 0 Å². The molecule has 0 spiro atoms. The lowest BCUT2D eigenvalue weighted by molar-refractivity contribution is 0.149. The second-order valence-electron chi connectivity index (χ2n) is 4.89. The largest absolute Gasteiger partial charge is 0.356 e. The normalized spacial score (nSPS) is 17.2. The highest BCUT2D eigenvalue weighted by atomic mass is 19.1. The molecule has 1 aliphatic rings. The molecular weight excluding hydrogens is 233 g/mol. The molecular formula is C13H16FN3O. The minimum Gasteiger partial charge on any atom is -0.356 e. The van der Waals surface area contributed by atoms with Gasteiger partial charge in [-0.25, -0.2) is 4.39 Å². The number of benzene rings is 1. The molecule has 4 nitrogen and oxygen atoms in total. The van der Waals surface area contributed by atoms with Crippen molar-refractivity contribution in [3.05, 3.63) is 29.7 Å². The molecule has 0 saturated carbocycles. The van der Waals surface area contributed by atoms with Crippen LogP contribution in [-0.4, -0.2) is 35.7 Å². The fraction of sp³-hybridized carbons (Fsp3) is 0.462. The Hall–Kier alpha value is -1.46. The smallest absolute Gasteiger partial charge is 0.170 e. The molecule has 2 heterocycles. The number of aromatic nitrogens is 1. The summed E-state index contributed by atoms with van der Waals surface area (Å²) in [5, 5.41) is 4.92. The molecule has 0 bridgehead atoms. The zero-order chi connectivity index (χ0) is 12.5. The molecule has 96 valence electrons. The third-order valence-electron chi connectivity index (χ3n) is 3.38. The summed E-state index contributed by atoms with van der Waals surface area (Å²) in [6, 6.07) is 4.90. The average molecular weight is 249 g/mol. The Morgan fingerprint density at radius 3 is 3.06 bits per heavy atom. The SMILES string of the molecule is NC1CN(CCCc2noc3cc(F)ccc23)C1. The highest BCUT2D eigenvalue weighted by molar-refractivity contribution is 5.79. The Kier molecular flexibility index (Phi) is 3.01. The van der Waals surface area contributed by atoms with Crippen molar-refractivity contribution in [3.8, 4) is 0 Å². The van der Waals surface area contributed by atoms with Crippen LogP contribution in [0.2, 0.25) is 0 Å². The number of aryl methyl sites for hydroxylation is 1. The van der Waals surface area contributed by atoms with Crippen LogP contribution in [0.4, 0.5) is 4.39 Å². The Labute approximate surface area is 105 Å². The molecule has 1 saturated heterocycles. The van der Waals surface area contributed by atoms with Crippen LogP contribution in [0.25, 0.3) is 11.0 Å². The van der Waals surface area contributed by atoms with E-state index in [4.69, 9.17) is 10.3 Å². The summed E-state index contributed by atoms with van der Waals surface area (Å²) < 4.78 is 18.1. The van der Waals surface area contributed by atoms with Crippen LogP contribution >= 0.6 is 0 Å². The van der Waals surface area contributed by atoms with E-state index in [1.807, 2.05) is 0 Å². The molecule has 0 aliphatic carbocycles. The van der Waals surface area contributed by atoms with Crippen molar-refractivity contribution in [2.24, 2.45) is 5.73 Å². The molecule has 1 aromatic heterocycles. The van der Waals surface area contributed by atoms with Gasteiger partial charge in [0.15, 0.2) is 5.58 Å². The maximum Gasteiger partial charge on any atom is 0.170 e. The zero-order valence-electron chi connectivity index (χ0n) is 10.1. The van der Waals surface area contributed by atoms with Crippen molar-refractivity contribution in [2.45, 2.75) is 18.9 Å². The number of likely N-dealkylation sites (tertiary alicyclic amines) is 1. The third-order valence-corrected chi connectivity index (χ3v) is 3.38. The molecule has 3 rings (SSSR count). The maximum absolute atomic E-state index is 13.0. The van der Waals surface area contributed by atoms with Gasteiger partial charge >= 0.3 is 0 Å². The number of hydrogen-bond donors (Lipinski definition) is 1. The van der Waals surface area contributed by atoms with Gasteiger partial charge in [-0.1, -0.05) is 5.16 Å². The van der Waals surface area contributed by atoms with Crippen LogP contribution in [0.3, 0.4) is 0 Å². The quantitative estimate of drug-likeness (QED) is 0.893. The van der Waals surface area contributed by atoms with E-state index in [0.29, 0.717) is 11.6 Å². The Morgan fingerprint density at radius 1 is 1.44 bits per heavy atom. The van der Waals surface area contributed by atoms with Gasteiger partial charge in [0, 0.05) is 30.6 Å². The van der Waals surface area contributed by atoms with Gasteiger partial charge in [-0.3, -0.25) is 0 Å². The van der Waals surface area contributed by atoms with E-state index in [9.17, 15) is 4.39 Å². The topological polar surface area (TPSA) is 55.3 Å². The predicted molar refractivity (Wildman–Crippen MR) is 66.7 cm³/mol. The molecule has 0 radical (unpaired) electrons. The summed E-state index contributed by atoms with van der Waals surface area (Å²) in [4.78, 5) is 2.33. The summed E-state index contributed by atoms with van der Waals surface area (Å²) >= 11 is 0. The second-order valence-corrected chi connectivity index (χ2v) is 4.89. The standard InChI is InChI=1S/C13H16FN3O/c14-9-3-4-11-12(16-18-13(11)6-9)2-1-5-17-7-10(15)8-17/h3-4,6,10H,1-2,5,7-8,15H2. The van der Waals surface area contributed by atoms with Crippen LogP contribution in [0.1, 0.15) is 12.1 Å². The molecule has 1 fully saturated rings. The van der Waals surface area contributed by atoms with Crippen LogP contribution in [0, 0.1) is 5.82 Å². The number of rotatable bonds is 4. The molecule has 2 N–H and O–H groups in total. The minimum absolute atomic E-state index is 0.292. The van der Waals surface area contributed by atoms with E-state index in [-0.39, 0.29) is 5.82 Å². The summed E-state index contributed by atoms with van der Waals surface area (Å²) in [7, 11) is 0. The Balaban J connectivity index is 1.61. The third kappa shape index (κ3) is 2.23. The monoisotopic (exact) mass is 249 g/mol. The predicted octanol–water partition coefficient (Wildman–Crippen LogP) is 1.54. The van der Waals surface area contributed by atoms with E-state index in [0.717, 1.165) is 43.6 Å². The van der Waals surface area contributed by atoms with Crippen LogP contribution in [-0.2, 0) is 6.42 Å². The summed E-state index contributed by atoms with van der Waals surface area (Å²) in [6.45, 7) is 3.01. The van der Waals surface area contributed by atoms with Crippen molar-refractivity contribution >= 4 is 11.0 Å². The van der Waals surface area contributed by atoms with Crippen LogP contribution < -0.4 is 5.73 Å². The number of nitrogens with two attached hydrogens (primary N) is 1. The second kappa shape index (κ2) is 4.66. The van der Waals surface area contributed by atoms with E-state index in [1.54, 1.807) is 6.07 Å². The van der Waals surface area contributed by atoms with E-state index in [1.165, 1.54) is 12.1 Å². The van der Waals surface area contributed by atoms with Crippen LogP contribution in [0.15, 0.2) is 22.7 Å². The van der Waals surface area contributed by atoms with Gasteiger partial charge in [0.2, 0.25) is 0 Å². The summed E-state index contributed by atoms with van der Waals surface area (Å²) in [6.07, 6.45) is 1.87. The van der Waals surface area contributed by atoms with Crippen molar-refractivity contribution in [2.75, 3.05) is 19.6 Å². The molecule has 1 aromatic carbocycles. The summed E-state index contributed by atoms with van der Waals surface area (Å²) in [5.41, 5.74) is 7.16. The number of nitrogens with zero attached hydrogens (tertiary/aromatic N) is 2. The van der Waals surface area contributed by atoms with E-state index < -0.39 is 0 Å². The van der Waals surface area contributed by atoms with Crippen molar-refractivity contribution in [3.63, 3.8) is 0 Å².